The van der Waals surface area contributed by atoms with Gasteiger partial charge in [-0.15, -0.1) is 0 Å². The molecule has 0 fully saturated rings. The maximum atomic E-state index is 12.4. The van der Waals surface area contributed by atoms with Crippen LogP contribution in [0.4, 0.5) is 5.69 Å². The molecule has 0 bridgehead atoms. The number of non-ortho nitro benzene ring substituents is 1. The minimum Gasteiger partial charge on any atom is -0.463 e. The zero-order valence-electron chi connectivity index (χ0n) is 15.0. The van der Waals surface area contributed by atoms with E-state index in [1.807, 2.05) is 0 Å². The van der Waals surface area contributed by atoms with Gasteiger partial charge >= 0.3 is 5.97 Å². The molecule has 0 aliphatic rings. The quantitative estimate of drug-likeness (QED) is 0.233. The van der Waals surface area contributed by atoms with Crippen molar-refractivity contribution >= 4 is 17.4 Å². The van der Waals surface area contributed by atoms with E-state index >= 15 is 0 Å². The summed E-state index contributed by atoms with van der Waals surface area (Å²) in [6, 6.07) is 5.48. The highest BCUT2D eigenvalue weighted by molar-refractivity contribution is 6.06. The van der Waals surface area contributed by atoms with Crippen LogP contribution in [0.1, 0.15) is 40.2 Å². The summed E-state index contributed by atoms with van der Waals surface area (Å²) in [6.07, 6.45) is -0.171. The highest BCUT2D eigenvalue weighted by atomic mass is 17.2. The zero-order chi connectivity index (χ0) is 19.3. The molecule has 0 aliphatic carbocycles. The van der Waals surface area contributed by atoms with Gasteiger partial charge in [0.1, 0.15) is 0 Å². The maximum absolute atomic E-state index is 12.4. The van der Waals surface area contributed by atoms with Gasteiger partial charge in [-0.1, -0.05) is 12.1 Å². The first-order valence-corrected chi connectivity index (χ1v) is 7.80. The lowest BCUT2D eigenvalue weighted by molar-refractivity contribution is -0.387. The Kier molecular flexibility index (Phi) is 6.78. The fourth-order valence-corrected chi connectivity index (χ4v) is 1.93. The summed E-state index contributed by atoms with van der Waals surface area (Å²) in [4.78, 5) is 45.4. The normalized spacial score (nSPS) is 13.8. The lowest BCUT2D eigenvalue weighted by atomic mass is 9.90. The maximum Gasteiger partial charge on any atom is 0.350 e. The van der Waals surface area contributed by atoms with Crippen LogP contribution in [0, 0.1) is 10.1 Å². The molecule has 1 rings (SSSR count). The molecule has 0 saturated carbocycles. The molecule has 1 aromatic carbocycles. The van der Waals surface area contributed by atoms with Crippen molar-refractivity contribution in [2.24, 2.45) is 0 Å². The minimum absolute atomic E-state index is 0.0625. The van der Waals surface area contributed by atoms with E-state index in [9.17, 15) is 19.7 Å². The van der Waals surface area contributed by atoms with E-state index in [0.29, 0.717) is 5.56 Å². The molecular formula is C17H23NO7. The Balaban J connectivity index is 3.20. The Labute approximate surface area is 146 Å². The summed E-state index contributed by atoms with van der Waals surface area (Å²) in [5.41, 5.74) is -2.35. The van der Waals surface area contributed by atoms with Crippen LogP contribution in [0.3, 0.4) is 0 Å². The molecule has 0 aliphatic heterocycles. The van der Waals surface area contributed by atoms with Crippen molar-refractivity contribution in [3.05, 3.63) is 39.9 Å². The second-order valence-corrected chi connectivity index (χ2v) is 6.48. The number of hydrogen-bond acceptors (Lipinski definition) is 7. The number of rotatable bonds is 8. The van der Waals surface area contributed by atoms with Crippen LogP contribution in [0.25, 0.3) is 0 Å². The van der Waals surface area contributed by atoms with E-state index in [2.05, 4.69) is 0 Å². The van der Waals surface area contributed by atoms with Gasteiger partial charge in [0.05, 0.1) is 17.1 Å². The van der Waals surface area contributed by atoms with E-state index in [1.54, 1.807) is 27.7 Å². The number of carbonyl (C=O) groups is 2. The molecule has 0 saturated heterocycles. The van der Waals surface area contributed by atoms with Crippen molar-refractivity contribution in [3.63, 3.8) is 0 Å². The number of nitro groups is 1. The second-order valence-electron chi connectivity index (χ2n) is 6.48. The molecule has 1 aromatic rings. The summed E-state index contributed by atoms with van der Waals surface area (Å²) >= 11 is 0. The number of benzene rings is 1. The highest BCUT2D eigenvalue weighted by Crippen LogP contribution is 2.26. The molecule has 1 unspecified atom stereocenters. The standard InChI is InChI=1S/C17H23NO7/c1-6-23-15(20)17(12(2)19,25-24-16(3,4)5)11-13-7-9-14(10-8-13)18(21)22/h7-10H,6,11H2,1-5H3. The summed E-state index contributed by atoms with van der Waals surface area (Å²) in [7, 11) is 0. The molecule has 0 N–H and O–H groups in total. The van der Waals surface area contributed by atoms with Crippen molar-refractivity contribution in [1.29, 1.82) is 0 Å². The molecule has 0 radical (unpaired) electrons. The number of carbonyl (C=O) groups excluding carboxylic acids is 2. The zero-order valence-corrected chi connectivity index (χ0v) is 15.0. The van der Waals surface area contributed by atoms with Gasteiger partial charge < -0.3 is 4.74 Å². The van der Waals surface area contributed by atoms with Crippen molar-refractivity contribution in [2.75, 3.05) is 6.61 Å². The van der Waals surface area contributed by atoms with Crippen LogP contribution in [-0.4, -0.2) is 34.5 Å². The largest absolute Gasteiger partial charge is 0.463 e. The van der Waals surface area contributed by atoms with Crippen molar-refractivity contribution in [2.45, 2.75) is 52.2 Å². The van der Waals surface area contributed by atoms with E-state index < -0.39 is 27.9 Å². The molecule has 0 heterocycles. The van der Waals surface area contributed by atoms with Gasteiger partial charge in [0.15, 0.2) is 5.78 Å². The number of ether oxygens (including phenoxy) is 1. The minimum atomic E-state index is -1.99. The molecule has 138 valence electrons. The summed E-state index contributed by atoms with van der Waals surface area (Å²) in [6.45, 7) is 7.99. The molecule has 1 atom stereocenters. The smallest absolute Gasteiger partial charge is 0.350 e. The first-order chi connectivity index (χ1) is 11.5. The number of Topliss-reactive ketones (excluding diaryl/α,β-unsaturated/α-hetero) is 1. The van der Waals surface area contributed by atoms with Crippen LogP contribution >= 0.6 is 0 Å². The lowest BCUT2D eigenvalue weighted by Gasteiger charge is -2.30. The Morgan fingerprint density at radius 2 is 1.68 bits per heavy atom. The fourth-order valence-electron chi connectivity index (χ4n) is 1.93. The predicted octanol–water partition coefficient (Wildman–Crippen LogP) is 2.77. The molecule has 8 nitrogen and oxygen atoms in total. The molecule has 8 heteroatoms. The molecule has 25 heavy (non-hydrogen) atoms. The summed E-state index contributed by atoms with van der Waals surface area (Å²) in [5.74, 6) is -1.46. The molecule has 0 amide bonds. The SMILES string of the molecule is CCOC(=O)C(Cc1ccc([N+](=O)[O-])cc1)(OOC(C)(C)C)C(C)=O. The van der Waals surface area contributed by atoms with Gasteiger partial charge in [0.2, 0.25) is 0 Å². The Morgan fingerprint density at radius 3 is 2.08 bits per heavy atom. The van der Waals surface area contributed by atoms with Gasteiger partial charge in [-0.3, -0.25) is 14.9 Å². The third-order valence-corrected chi connectivity index (χ3v) is 3.21. The number of esters is 1. The second kappa shape index (κ2) is 8.17. The molecular weight excluding hydrogens is 330 g/mol. The predicted molar refractivity (Wildman–Crippen MR) is 88.8 cm³/mol. The summed E-state index contributed by atoms with van der Waals surface area (Å²) < 4.78 is 5.00. The Bertz CT molecular complexity index is 633. The van der Waals surface area contributed by atoms with Crippen LogP contribution < -0.4 is 0 Å². The van der Waals surface area contributed by atoms with Crippen LogP contribution in [0.2, 0.25) is 0 Å². The first kappa shape index (κ1) is 20.7. The van der Waals surface area contributed by atoms with E-state index in [1.165, 1.54) is 31.2 Å². The monoisotopic (exact) mass is 353 g/mol. The number of nitro benzene ring substituents is 1. The number of hydrogen-bond donors (Lipinski definition) is 0. The first-order valence-electron chi connectivity index (χ1n) is 7.80. The van der Waals surface area contributed by atoms with Crippen LogP contribution in [-0.2, 0) is 30.5 Å². The average Bonchev–Trinajstić information content (AvgIpc) is 2.50. The number of nitrogens with zero attached hydrogens (tertiary/aromatic N) is 1. The van der Waals surface area contributed by atoms with Crippen molar-refractivity contribution in [3.8, 4) is 0 Å². The molecule has 0 aromatic heterocycles. The lowest BCUT2D eigenvalue weighted by Crippen LogP contribution is -2.52. The van der Waals surface area contributed by atoms with Crippen molar-refractivity contribution in [1.82, 2.24) is 0 Å². The van der Waals surface area contributed by atoms with Gasteiger partial charge in [-0.2, -0.15) is 0 Å². The highest BCUT2D eigenvalue weighted by Gasteiger charge is 2.49. The Morgan fingerprint density at radius 1 is 1.12 bits per heavy atom. The fraction of sp³-hybridized carbons (Fsp3) is 0.529. The average molecular weight is 353 g/mol. The number of ketones is 1. The van der Waals surface area contributed by atoms with Gasteiger partial charge in [0, 0.05) is 18.6 Å². The van der Waals surface area contributed by atoms with E-state index in [4.69, 9.17) is 14.5 Å². The van der Waals surface area contributed by atoms with Gasteiger partial charge in [-0.25, -0.2) is 14.6 Å². The van der Waals surface area contributed by atoms with Gasteiger partial charge in [0.25, 0.3) is 11.3 Å². The third-order valence-electron chi connectivity index (χ3n) is 3.21. The summed E-state index contributed by atoms with van der Waals surface area (Å²) in [5, 5.41) is 10.7. The van der Waals surface area contributed by atoms with E-state index in [0.717, 1.165) is 0 Å². The van der Waals surface area contributed by atoms with Gasteiger partial charge in [-0.05, 0) is 40.2 Å². The molecule has 0 spiro atoms. The van der Waals surface area contributed by atoms with Crippen molar-refractivity contribution < 1.29 is 29.0 Å². The van der Waals surface area contributed by atoms with Crippen LogP contribution in [0.15, 0.2) is 24.3 Å². The topological polar surface area (TPSA) is 105 Å². The Hall–Kier alpha value is -2.32. The third kappa shape index (κ3) is 5.61. The van der Waals surface area contributed by atoms with Crippen LogP contribution in [0.5, 0.6) is 0 Å². The van der Waals surface area contributed by atoms with E-state index in [-0.39, 0.29) is 18.7 Å².